The van der Waals surface area contributed by atoms with Crippen LogP contribution in [-0.2, 0) is 4.74 Å². The van der Waals surface area contributed by atoms with Crippen LogP contribution in [0.15, 0.2) is 18.2 Å². The Hall–Kier alpha value is -1.46. The summed E-state index contributed by atoms with van der Waals surface area (Å²) in [6.45, 7) is 2.14. The summed E-state index contributed by atoms with van der Waals surface area (Å²) in [5, 5.41) is 3.30. The van der Waals surface area contributed by atoms with Crippen LogP contribution in [0, 0.1) is 5.82 Å². The van der Waals surface area contributed by atoms with E-state index in [2.05, 4.69) is 15.3 Å². The number of hydrogen-bond acceptors (Lipinski definition) is 3. The summed E-state index contributed by atoms with van der Waals surface area (Å²) >= 11 is 0. The second-order valence-electron chi connectivity index (χ2n) is 3.87. The van der Waals surface area contributed by atoms with Gasteiger partial charge in [-0.05, 0) is 18.2 Å². The second-order valence-corrected chi connectivity index (χ2v) is 3.87. The van der Waals surface area contributed by atoms with E-state index in [9.17, 15) is 4.39 Å². The minimum absolute atomic E-state index is 0.0733. The molecule has 1 aliphatic heterocycles. The maximum absolute atomic E-state index is 13.0. The number of aromatic nitrogens is 2. The molecule has 3 rings (SSSR count). The van der Waals surface area contributed by atoms with Crippen molar-refractivity contribution in [1.29, 1.82) is 0 Å². The molecule has 0 spiro atoms. The lowest BCUT2D eigenvalue weighted by atomic mass is 10.2. The summed E-state index contributed by atoms with van der Waals surface area (Å²) in [5.41, 5.74) is 1.51. The number of benzene rings is 1. The van der Waals surface area contributed by atoms with Crippen LogP contribution in [-0.4, -0.2) is 29.7 Å². The predicted molar refractivity (Wildman–Crippen MR) is 57.6 cm³/mol. The Morgan fingerprint density at radius 1 is 1.44 bits per heavy atom. The average Bonchev–Trinajstić information content (AvgIpc) is 2.73. The van der Waals surface area contributed by atoms with Crippen molar-refractivity contribution in [3.63, 3.8) is 0 Å². The molecule has 0 saturated carbocycles. The van der Waals surface area contributed by atoms with Crippen LogP contribution in [0.5, 0.6) is 0 Å². The van der Waals surface area contributed by atoms with E-state index in [-0.39, 0.29) is 11.9 Å². The van der Waals surface area contributed by atoms with Gasteiger partial charge in [-0.1, -0.05) is 0 Å². The van der Waals surface area contributed by atoms with Crippen molar-refractivity contribution in [2.24, 2.45) is 0 Å². The number of fused-ring (bicyclic) bond motifs is 1. The third-order valence-electron chi connectivity index (χ3n) is 2.71. The van der Waals surface area contributed by atoms with E-state index < -0.39 is 0 Å². The molecule has 1 atom stereocenters. The zero-order valence-corrected chi connectivity index (χ0v) is 8.66. The first-order valence-electron chi connectivity index (χ1n) is 5.29. The molecule has 0 bridgehead atoms. The van der Waals surface area contributed by atoms with Gasteiger partial charge in [0.1, 0.15) is 11.6 Å². The van der Waals surface area contributed by atoms with Crippen molar-refractivity contribution in [3.05, 3.63) is 29.8 Å². The molecule has 16 heavy (non-hydrogen) atoms. The van der Waals surface area contributed by atoms with Crippen LogP contribution < -0.4 is 5.32 Å². The monoisotopic (exact) mass is 221 g/mol. The number of ether oxygens (including phenoxy) is 1. The van der Waals surface area contributed by atoms with Crippen molar-refractivity contribution in [2.75, 3.05) is 19.8 Å². The normalized spacial score (nSPS) is 21.4. The highest BCUT2D eigenvalue weighted by atomic mass is 19.1. The fourth-order valence-electron chi connectivity index (χ4n) is 1.91. The summed E-state index contributed by atoms with van der Waals surface area (Å²) in [6.07, 6.45) is 0. The maximum Gasteiger partial charge on any atom is 0.126 e. The Kier molecular flexibility index (Phi) is 2.34. The number of hydrogen-bond donors (Lipinski definition) is 2. The number of H-pyrrole nitrogens is 1. The molecular weight excluding hydrogens is 209 g/mol. The number of nitrogens with one attached hydrogen (secondary N) is 2. The lowest BCUT2D eigenvalue weighted by Crippen LogP contribution is -2.35. The number of morpholine rings is 1. The van der Waals surface area contributed by atoms with Crippen molar-refractivity contribution >= 4 is 11.0 Å². The Labute approximate surface area is 91.8 Å². The SMILES string of the molecule is Fc1ccc2nc(C3COCCN3)[nH]c2c1. The Morgan fingerprint density at radius 2 is 2.38 bits per heavy atom. The number of rotatable bonds is 1. The summed E-state index contributed by atoms with van der Waals surface area (Å²) in [4.78, 5) is 7.53. The van der Waals surface area contributed by atoms with Gasteiger partial charge in [0.2, 0.25) is 0 Å². The molecule has 1 aromatic carbocycles. The molecule has 2 heterocycles. The van der Waals surface area contributed by atoms with Gasteiger partial charge in [-0.3, -0.25) is 0 Å². The number of aromatic amines is 1. The number of nitrogens with zero attached hydrogens (tertiary/aromatic N) is 1. The van der Waals surface area contributed by atoms with Crippen molar-refractivity contribution in [2.45, 2.75) is 6.04 Å². The van der Waals surface area contributed by atoms with Gasteiger partial charge in [-0.2, -0.15) is 0 Å². The summed E-state index contributed by atoms with van der Waals surface area (Å²) in [5.74, 6) is 0.552. The van der Waals surface area contributed by atoms with Gasteiger partial charge in [0.15, 0.2) is 0 Å². The van der Waals surface area contributed by atoms with Gasteiger partial charge in [-0.25, -0.2) is 9.37 Å². The fourth-order valence-corrected chi connectivity index (χ4v) is 1.91. The standard InChI is InChI=1S/C11H12FN3O/c12-7-1-2-8-9(5-7)15-11(14-8)10-6-16-4-3-13-10/h1-2,5,10,13H,3-4,6H2,(H,14,15). The van der Waals surface area contributed by atoms with Crippen molar-refractivity contribution in [3.8, 4) is 0 Å². The molecule has 0 amide bonds. The molecule has 1 aliphatic rings. The lowest BCUT2D eigenvalue weighted by molar-refractivity contribution is 0.0746. The molecule has 1 fully saturated rings. The van der Waals surface area contributed by atoms with Gasteiger partial charge in [0.25, 0.3) is 0 Å². The van der Waals surface area contributed by atoms with Crippen molar-refractivity contribution < 1.29 is 9.13 Å². The predicted octanol–water partition coefficient (Wildman–Crippen LogP) is 1.36. The van der Waals surface area contributed by atoms with Crippen LogP contribution in [0.3, 0.4) is 0 Å². The number of halogens is 1. The van der Waals surface area contributed by atoms with Crippen LogP contribution in [0.2, 0.25) is 0 Å². The molecule has 1 aromatic heterocycles. The average molecular weight is 221 g/mol. The van der Waals surface area contributed by atoms with E-state index >= 15 is 0 Å². The lowest BCUT2D eigenvalue weighted by Gasteiger charge is -2.21. The summed E-state index contributed by atoms with van der Waals surface area (Å²) < 4.78 is 18.4. The smallest absolute Gasteiger partial charge is 0.126 e. The largest absolute Gasteiger partial charge is 0.378 e. The minimum atomic E-state index is -0.254. The van der Waals surface area contributed by atoms with Crippen LogP contribution in [0.4, 0.5) is 4.39 Å². The van der Waals surface area contributed by atoms with E-state index in [1.165, 1.54) is 12.1 Å². The third kappa shape index (κ3) is 1.68. The molecule has 2 aromatic rings. The highest BCUT2D eigenvalue weighted by Crippen LogP contribution is 2.18. The van der Waals surface area contributed by atoms with Gasteiger partial charge in [-0.15, -0.1) is 0 Å². The zero-order valence-electron chi connectivity index (χ0n) is 8.66. The van der Waals surface area contributed by atoms with Gasteiger partial charge >= 0.3 is 0 Å². The first-order valence-corrected chi connectivity index (χ1v) is 5.29. The minimum Gasteiger partial charge on any atom is -0.378 e. The van der Waals surface area contributed by atoms with E-state index in [1.807, 2.05) is 0 Å². The first-order chi connectivity index (χ1) is 7.83. The molecule has 5 heteroatoms. The summed E-state index contributed by atoms with van der Waals surface area (Å²) in [7, 11) is 0. The van der Waals surface area contributed by atoms with E-state index in [4.69, 9.17) is 4.74 Å². The molecule has 2 N–H and O–H groups in total. The van der Waals surface area contributed by atoms with E-state index in [1.54, 1.807) is 6.07 Å². The van der Waals surface area contributed by atoms with Crippen LogP contribution in [0.1, 0.15) is 11.9 Å². The Bertz CT molecular complexity index is 505. The Balaban J connectivity index is 1.97. The second kappa shape index (κ2) is 3.84. The molecule has 4 nitrogen and oxygen atoms in total. The molecule has 0 aliphatic carbocycles. The molecule has 1 unspecified atom stereocenters. The van der Waals surface area contributed by atoms with Crippen LogP contribution in [0.25, 0.3) is 11.0 Å². The summed E-state index contributed by atoms with van der Waals surface area (Å²) in [6, 6.07) is 4.62. The van der Waals surface area contributed by atoms with E-state index in [0.29, 0.717) is 6.61 Å². The van der Waals surface area contributed by atoms with Crippen LogP contribution >= 0.6 is 0 Å². The van der Waals surface area contributed by atoms with Gasteiger partial charge < -0.3 is 15.0 Å². The quantitative estimate of drug-likeness (QED) is 0.764. The zero-order chi connectivity index (χ0) is 11.0. The van der Waals surface area contributed by atoms with Crippen molar-refractivity contribution in [1.82, 2.24) is 15.3 Å². The highest BCUT2D eigenvalue weighted by Gasteiger charge is 2.18. The molecule has 84 valence electrons. The highest BCUT2D eigenvalue weighted by molar-refractivity contribution is 5.75. The number of imidazole rings is 1. The maximum atomic E-state index is 13.0. The third-order valence-corrected chi connectivity index (χ3v) is 2.71. The molecular formula is C11H12FN3O. The molecule has 0 radical (unpaired) electrons. The van der Waals surface area contributed by atoms with Gasteiger partial charge in [0.05, 0.1) is 30.3 Å². The Morgan fingerprint density at radius 3 is 3.19 bits per heavy atom. The van der Waals surface area contributed by atoms with Gasteiger partial charge in [0, 0.05) is 6.54 Å². The molecule has 1 saturated heterocycles. The van der Waals surface area contributed by atoms with E-state index in [0.717, 1.165) is 30.0 Å². The topological polar surface area (TPSA) is 49.9 Å². The first kappa shape index (κ1) is 9.74. The fraction of sp³-hybridized carbons (Fsp3) is 0.364.